The number of nitrogens with one attached hydrogen (secondary N) is 1. The molecule has 0 atom stereocenters. The van der Waals surface area contributed by atoms with Crippen LogP contribution in [0.15, 0.2) is 29.4 Å². The molecule has 0 aliphatic heterocycles. The Labute approximate surface area is 89.8 Å². The van der Waals surface area contributed by atoms with Crippen LogP contribution in [0.5, 0.6) is 0 Å². The molecule has 0 radical (unpaired) electrons. The molecule has 5 heteroatoms. The van der Waals surface area contributed by atoms with Gasteiger partial charge in [0.15, 0.2) is 0 Å². The van der Waals surface area contributed by atoms with E-state index in [0.29, 0.717) is 12.5 Å². The molecule has 1 fully saturated rings. The predicted octanol–water partition coefficient (Wildman–Crippen LogP) is 1.16. The van der Waals surface area contributed by atoms with Crippen LogP contribution in [-0.2, 0) is 10.0 Å². The summed E-state index contributed by atoms with van der Waals surface area (Å²) in [5, 5.41) is 0. The van der Waals surface area contributed by atoms with Gasteiger partial charge in [0, 0.05) is 18.9 Å². The van der Waals surface area contributed by atoms with Crippen molar-refractivity contribution in [1.29, 1.82) is 0 Å². The van der Waals surface area contributed by atoms with E-state index in [1.807, 2.05) is 0 Å². The van der Waals surface area contributed by atoms with Gasteiger partial charge >= 0.3 is 0 Å². The molecular weight excluding hydrogens is 212 g/mol. The fourth-order valence-corrected chi connectivity index (χ4v) is 2.59. The third kappa shape index (κ3) is 2.54. The van der Waals surface area contributed by atoms with Gasteiger partial charge in [-0.05, 0) is 30.9 Å². The summed E-state index contributed by atoms with van der Waals surface area (Å²) in [6.07, 6.45) is 6.42. The average molecular weight is 226 g/mol. The fourth-order valence-electron chi connectivity index (χ4n) is 1.51. The van der Waals surface area contributed by atoms with Crippen LogP contribution in [0.4, 0.5) is 0 Å². The first-order valence-corrected chi connectivity index (χ1v) is 6.56. The van der Waals surface area contributed by atoms with Gasteiger partial charge in [-0.1, -0.05) is 6.42 Å². The van der Waals surface area contributed by atoms with E-state index in [1.54, 1.807) is 18.3 Å². The third-order valence-electron chi connectivity index (χ3n) is 2.73. The lowest BCUT2D eigenvalue weighted by molar-refractivity contribution is 0.316. The molecule has 0 amide bonds. The fraction of sp³-hybridized carbons (Fsp3) is 0.500. The first-order valence-electron chi connectivity index (χ1n) is 5.08. The second-order valence-electron chi connectivity index (χ2n) is 3.84. The minimum Gasteiger partial charge on any atom is -0.263 e. The number of hydrogen-bond donors (Lipinski definition) is 1. The maximum absolute atomic E-state index is 11.7. The largest absolute Gasteiger partial charge is 0.263 e. The summed E-state index contributed by atoms with van der Waals surface area (Å²) in [5.74, 6) is 0.524. The van der Waals surface area contributed by atoms with Crippen molar-refractivity contribution in [3.8, 4) is 0 Å². The molecule has 1 N–H and O–H groups in total. The van der Waals surface area contributed by atoms with Gasteiger partial charge in [0.1, 0.15) is 4.90 Å². The molecule has 0 saturated heterocycles. The number of pyridine rings is 1. The average Bonchev–Trinajstić information content (AvgIpc) is 2.16. The van der Waals surface area contributed by atoms with Crippen molar-refractivity contribution in [2.75, 3.05) is 6.54 Å². The lowest BCUT2D eigenvalue weighted by atomic mass is 9.86. The molecule has 4 nitrogen and oxygen atoms in total. The number of rotatable bonds is 4. The molecule has 1 aromatic heterocycles. The molecule has 82 valence electrons. The summed E-state index contributed by atoms with van der Waals surface area (Å²) in [5.41, 5.74) is 0. The number of nitrogens with zero attached hydrogens (tertiary/aromatic N) is 1. The summed E-state index contributed by atoms with van der Waals surface area (Å²) in [4.78, 5) is 4.03. The summed E-state index contributed by atoms with van der Waals surface area (Å²) in [7, 11) is -3.34. The predicted molar refractivity (Wildman–Crippen MR) is 56.8 cm³/mol. The SMILES string of the molecule is O=S(=O)(NCC1CCC1)c1cccnc1. The van der Waals surface area contributed by atoms with E-state index in [4.69, 9.17) is 0 Å². The number of aromatic nitrogens is 1. The second kappa shape index (κ2) is 4.28. The summed E-state index contributed by atoms with van der Waals surface area (Å²) in [6, 6.07) is 3.17. The maximum Gasteiger partial charge on any atom is 0.242 e. The Balaban J connectivity index is 2.00. The van der Waals surface area contributed by atoms with Crippen LogP contribution in [0, 0.1) is 5.92 Å². The third-order valence-corrected chi connectivity index (χ3v) is 4.14. The standard InChI is InChI=1S/C10H14N2O2S/c13-15(14,10-5-2-6-11-8-10)12-7-9-3-1-4-9/h2,5-6,8-9,12H,1,3-4,7H2. The van der Waals surface area contributed by atoms with E-state index < -0.39 is 10.0 Å². The Kier molecular flexibility index (Phi) is 3.02. The highest BCUT2D eigenvalue weighted by molar-refractivity contribution is 7.89. The molecule has 1 aromatic rings. The van der Waals surface area contributed by atoms with Crippen molar-refractivity contribution in [1.82, 2.24) is 9.71 Å². The van der Waals surface area contributed by atoms with E-state index in [1.165, 1.54) is 12.6 Å². The molecule has 0 bridgehead atoms. The Bertz CT molecular complexity index is 412. The minimum absolute atomic E-state index is 0.240. The van der Waals surface area contributed by atoms with Gasteiger partial charge in [-0.15, -0.1) is 0 Å². The first kappa shape index (κ1) is 10.6. The van der Waals surface area contributed by atoms with Crippen molar-refractivity contribution in [2.45, 2.75) is 24.2 Å². The summed E-state index contributed by atoms with van der Waals surface area (Å²) >= 11 is 0. The first-order chi connectivity index (χ1) is 7.18. The van der Waals surface area contributed by atoms with Crippen LogP contribution >= 0.6 is 0 Å². The van der Waals surface area contributed by atoms with Gasteiger partial charge in [0.2, 0.25) is 10.0 Å². The Morgan fingerprint density at radius 1 is 1.47 bits per heavy atom. The zero-order valence-electron chi connectivity index (χ0n) is 8.39. The highest BCUT2D eigenvalue weighted by Gasteiger charge is 2.21. The minimum atomic E-state index is -3.34. The van der Waals surface area contributed by atoms with Crippen LogP contribution in [0.3, 0.4) is 0 Å². The van der Waals surface area contributed by atoms with E-state index >= 15 is 0 Å². The van der Waals surface area contributed by atoms with Crippen LogP contribution in [-0.4, -0.2) is 19.9 Å². The van der Waals surface area contributed by atoms with Crippen molar-refractivity contribution in [2.24, 2.45) is 5.92 Å². The Hall–Kier alpha value is -0.940. The molecular formula is C10H14N2O2S. The lowest BCUT2D eigenvalue weighted by Gasteiger charge is -2.25. The van der Waals surface area contributed by atoms with Crippen LogP contribution < -0.4 is 4.72 Å². The number of hydrogen-bond acceptors (Lipinski definition) is 3. The van der Waals surface area contributed by atoms with Gasteiger partial charge in [0.05, 0.1) is 0 Å². The zero-order chi connectivity index (χ0) is 10.7. The molecule has 0 aromatic carbocycles. The molecule has 1 aliphatic carbocycles. The normalized spacial score (nSPS) is 17.3. The molecule has 1 aliphatic rings. The molecule has 0 unspecified atom stereocenters. The van der Waals surface area contributed by atoms with Crippen molar-refractivity contribution >= 4 is 10.0 Å². The van der Waals surface area contributed by atoms with E-state index in [0.717, 1.165) is 12.8 Å². The highest BCUT2D eigenvalue weighted by Crippen LogP contribution is 2.25. The van der Waals surface area contributed by atoms with Crippen LogP contribution in [0.25, 0.3) is 0 Å². The Morgan fingerprint density at radius 3 is 2.80 bits per heavy atom. The quantitative estimate of drug-likeness (QED) is 0.838. The van der Waals surface area contributed by atoms with Gasteiger partial charge in [0.25, 0.3) is 0 Å². The summed E-state index contributed by atoms with van der Waals surface area (Å²) in [6.45, 7) is 0.553. The molecule has 1 saturated carbocycles. The Morgan fingerprint density at radius 2 is 2.27 bits per heavy atom. The van der Waals surface area contributed by atoms with Crippen molar-refractivity contribution in [3.05, 3.63) is 24.5 Å². The van der Waals surface area contributed by atoms with Gasteiger partial charge < -0.3 is 0 Å². The van der Waals surface area contributed by atoms with Crippen molar-refractivity contribution in [3.63, 3.8) is 0 Å². The van der Waals surface area contributed by atoms with E-state index in [9.17, 15) is 8.42 Å². The highest BCUT2D eigenvalue weighted by atomic mass is 32.2. The molecule has 0 spiro atoms. The van der Waals surface area contributed by atoms with E-state index in [-0.39, 0.29) is 4.90 Å². The van der Waals surface area contributed by atoms with Crippen LogP contribution in [0.1, 0.15) is 19.3 Å². The maximum atomic E-state index is 11.7. The topological polar surface area (TPSA) is 59.1 Å². The molecule has 1 heterocycles. The monoisotopic (exact) mass is 226 g/mol. The van der Waals surface area contributed by atoms with E-state index in [2.05, 4.69) is 9.71 Å². The van der Waals surface area contributed by atoms with Gasteiger partial charge in [-0.2, -0.15) is 0 Å². The lowest BCUT2D eigenvalue weighted by Crippen LogP contribution is -2.32. The van der Waals surface area contributed by atoms with Gasteiger partial charge in [-0.25, -0.2) is 13.1 Å². The summed E-state index contributed by atoms with van der Waals surface area (Å²) < 4.78 is 26.1. The van der Waals surface area contributed by atoms with Gasteiger partial charge in [-0.3, -0.25) is 4.98 Å². The molecule has 2 rings (SSSR count). The van der Waals surface area contributed by atoms with Crippen LogP contribution in [0.2, 0.25) is 0 Å². The van der Waals surface area contributed by atoms with Crippen molar-refractivity contribution < 1.29 is 8.42 Å². The second-order valence-corrected chi connectivity index (χ2v) is 5.60. The zero-order valence-corrected chi connectivity index (χ0v) is 9.20. The smallest absolute Gasteiger partial charge is 0.242 e. The molecule has 15 heavy (non-hydrogen) atoms. The number of sulfonamides is 1.